The zero-order valence-corrected chi connectivity index (χ0v) is 16.8. The quantitative estimate of drug-likeness (QED) is 0.639. The maximum absolute atomic E-state index is 12.7. The molecule has 2 aromatic carbocycles. The lowest BCUT2D eigenvalue weighted by Crippen LogP contribution is -2.28. The second-order valence-electron chi connectivity index (χ2n) is 6.49. The molecule has 2 aromatic rings. The van der Waals surface area contributed by atoms with E-state index >= 15 is 0 Å². The normalized spacial score (nSPS) is 14.7. The number of phenolic OH excluding ortho intramolecular Hbond substituents is 1. The molecule has 1 aliphatic rings. The number of halogens is 2. The van der Waals surface area contributed by atoms with Crippen LogP contribution in [0.5, 0.6) is 17.2 Å². The Morgan fingerprint density at radius 1 is 1.13 bits per heavy atom. The predicted molar refractivity (Wildman–Crippen MR) is 104 cm³/mol. The number of ether oxygens (including phenoxy) is 2. The van der Waals surface area contributed by atoms with E-state index in [4.69, 9.17) is 4.74 Å². The minimum atomic E-state index is -3.74. The summed E-state index contributed by atoms with van der Waals surface area (Å²) in [6.07, 6.45) is 1.54. The van der Waals surface area contributed by atoms with Gasteiger partial charge in [-0.1, -0.05) is 0 Å². The molecular weight excluding hydrogens is 422 g/mol. The Labute approximate surface area is 172 Å². The first-order valence-corrected chi connectivity index (χ1v) is 10.4. The van der Waals surface area contributed by atoms with Gasteiger partial charge >= 0.3 is 6.61 Å². The molecule has 0 atom stereocenters. The van der Waals surface area contributed by atoms with E-state index in [1.807, 2.05) is 0 Å². The van der Waals surface area contributed by atoms with Gasteiger partial charge in [-0.15, -0.1) is 0 Å². The van der Waals surface area contributed by atoms with E-state index in [2.05, 4.69) is 10.1 Å². The summed E-state index contributed by atoms with van der Waals surface area (Å²) in [4.78, 5) is 12.5. The van der Waals surface area contributed by atoms with Crippen LogP contribution in [0, 0.1) is 0 Å². The number of hydrogen-bond donors (Lipinski definition) is 2. The van der Waals surface area contributed by atoms with Crippen molar-refractivity contribution in [1.82, 2.24) is 4.31 Å². The highest BCUT2D eigenvalue weighted by molar-refractivity contribution is 7.89. The van der Waals surface area contributed by atoms with Crippen molar-refractivity contribution in [3.8, 4) is 17.2 Å². The lowest BCUT2D eigenvalue weighted by atomic mass is 10.1. The fraction of sp³-hybridized carbons (Fsp3) is 0.316. The van der Waals surface area contributed by atoms with Gasteiger partial charge in [0.15, 0.2) is 11.5 Å². The molecule has 0 bridgehead atoms. The van der Waals surface area contributed by atoms with Gasteiger partial charge in [0, 0.05) is 18.7 Å². The minimum Gasteiger partial charge on any atom is -0.506 e. The third kappa shape index (κ3) is 4.62. The second kappa shape index (κ2) is 8.84. The first-order chi connectivity index (χ1) is 14.2. The highest BCUT2D eigenvalue weighted by Gasteiger charge is 2.28. The van der Waals surface area contributed by atoms with Crippen LogP contribution in [-0.2, 0) is 10.0 Å². The Morgan fingerprint density at radius 3 is 2.47 bits per heavy atom. The summed E-state index contributed by atoms with van der Waals surface area (Å²) in [5.41, 5.74) is -0.0761. The monoisotopic (exact) mass is 442 g/mol. The molecule has 0 aromatic heterocycles. The number of alkyl halides is 2. The van der Waals surface area contributed by atoms with Gasteiger partial charge in [-0.25, -0.2) is 8.42 Å². The lowest BCUT2D eigenvalue weighted by molar-refractivity contribution is -0.0512. The number of sulfonamides is 1. The number of benzene rings is 2. The van der Waals surface area contributed by atoms with Crippen LogP contribution >= 0.6 is 0 Å². The first-order valence-electron chi connectivity index (χ1n) is 8.99. The topological polar surface area (TPSA) is 105 Å². The van der Waals surface area contributed by atoms with Crippen LogP contribution in [0.2, 0.25) is 0 Å². The van der Waals surface area contributed by atoms with Crippen molar-refractivity contribution in [3.05, 3.63) is 42.0 Å². The Bertz CT molecular complexity index is 1040. The molecule has 2 N–H and O–H groups in total. The highest BCUT2D eigenvalue weighted by atomic mass is 32.2. The van der Waals surface area contributed by atoms with Crippen LogP contribution in [0.1, 0.15) is 23.2 Å². The summed E-state index contributed by atoms with van der Waals surface area (Å²) in [7, 11) is -2.51. The van der Waals surface area contributed by atoms with E-state index in [1.165, 1.54) is 41.7 Å². The molecule has 30 heavy (non-hydrogen) atoms. The molecule has 1 fully saturated rings. The average Bonchev–Trinajstić information content (AvgIpc) is 3.25. The number of methoxy groups -OCH3 is 1. The van der Waals surface area contributed by atoms with E-state index in [9.17, 15) is 27.1 Å². The predicted octanol–water partition coefficient (Wildman–Crippen LogP) is 3.04. The standard InChI is InChI=1S/C19H20F2N2O6S/c1-28-17-10-12(4-7-16(17)29-19(20)21)18(25)22-14-11-13(5-6-15(14)24)30(26,27)23-8-2-3-9-23/h4-7,10-11,19,24H,2-3,8-9H2,1H3,(H,22,25). The van der Waals surface area contributed by atoms with Gasteiger partial charge in [-0.3, -0.25) is 4.79 Å². The second-order valence-corrected chi connectivity index (χ2v) is 8.43. The molecule has 1 amide bonds. The van der Waals surface area contributed by atoms with Crippen LogP contribution in [0.3, 0.4) is 0 Å². The van der Waals surface area contributed by atoms with E-state index in [1.54, 1.807) is 0 Å². The minimum absolute atomic E-state index is 0.0284. The van der Waals surface area contributed by atoms with Gasteiger partial charge in [-0.2, -0.15) is 13.1 Å². The van der Waals surface area contributed by atoms with Crippen molar-refractivity contribution < 1.29 is 36.6 Å². The van der Waals surface area contributed by atoms with E-state index in [0.29, 0.717) is 13.1 Å². The zero-order chi connectivity index (χ0) is 21.9. The number of nitrogens with one attached hydrogen (secondary N) is 1. The zero-order valence-electron chi connectivity index (χ0n) is 16.0. The van der Waals surface area contributed by atoms with E-state index in [0.717, 1.165) is 18.9 Å². The van der Waals surface area contributed by atoms with Crippen molar-refractivity contribution in [2.45, 2.75) is 24.3 Å². The molecule has 1 saturated heterocycles. The summed E-state index contributed by atoms with van der Waals surface area (Å²) >= 11 is 0. The number of carbonyl (C=O) groups is 1. The number of hydrogen-bond acceptors (Lipinski definition) is 6. The largest absolute Gasteiger partial charge is 0.506 e. The summed E-state index contributed by atoms with van der Waals surface area (Å²) in [5.74, 6) is -1.36. The van der Waals surface area contributed by atoms with Crippen molar-refractivity contribution in [3.63, 3.8) is 0 Å². The van der Waals surface area contributed by atoms with Crippen molar-refractivity contribution >= 4 is 21.6 Å². The van der Waals surface area contributed by atoms with Gasteiger partial charge in [0.1, 0.15) is 5.75 Å². The molecule has 1 aliphatic heterocycles. The molecule has 1 heterocycles. The van der Waals surface area contributed by atoms with Crippen LogP contribution in [0.25, 0.3) is 0 Å². The summed E-state index contributed by atoms with van der Waals surface area (Å²) < 4.78 is 60.9. The number of aromatic hydroxyl groups is 1. The number of amides is 1. The van der Waals surface area contributed by atoms with Crippen LogP contribution in [-0.4, -0.2) is 50.5 Å². The molecule has 8 nitrogen and oxygen atoms in total. The van der Waals surface area contributed by atoms with Crippen LogP contribution in [0.4, 0.5) is 14.5 Å². The molecule has 0 aliphatic carbocycles. The summed E-state index contributed by atoms with van der Waals surface area (Å²) in [6, 6.07) is 7.18. The van der Waals surface area contributed by atoms with Gasteiger partial charge < -0.3 is 19.9 Å². The number of rotatable bonds is 7. The fourth-order valence-electron chi connectivity index (χ4n) is 3.05. The summed E-state index contributed by atoms with van der Waals surface area (Å²) in [5, 5.41) is 12.5. The number of anilines is 1. The third-order valence-electron chi connectivity index (χ3n) is 4.56. The molecule has 0 radical (unpaired) electrons. The van der Waals surface area contributed by atoms with Gasteiger partial charge in [0.25, 0.3) is 5.91 Å². The number of carbonyl (C=O) groups excluding carboxylic acids is 1. The van der Waals surface area contributed by atoms with Gasteiger partial charge in [0.05, 0.1) is 17.7 Å². The van der Waals surface area contributed by atoms with Gasteiger partial charge in [0.2, 0.25) is 10.0 Å². The van der Waals surface area contributed by atoms with Crippen molar-refractivity contribution in [2.24, 2.45) is 0 Å². The molecule has 11 heteroatoms. The van der Waals surface area contributed by atoms with E-state index < -0.39 is 22.5 Å². The molecule has 162 valence electrons. The maximum Gasteiger partial charge on any atom is 0.387 e. The van der Waals surface area contributed by atoms with Crippen molar-refractivity contribution in [1.29, 1.82) is 0 Å². The smallest absolute Gasteiger partial charge is 0.387 e. The molecule has 0 unspecified atom stereocenters. The average molecular weight is 442 g/mol. The van der Waals surface area contributed by atoms with Crippen molar-refractivity contribution in [2.75, 3.05) is 25.5 Å². The molecule has 0 saturated carbocycles. The van der Waals surface area contributed by atoms with Crippen LogP contribution in [0.15, 0.2) is 41.3 Å². The molecular formula is C19H20F2N2O6S. The third-order valence-corrected chi connectivity index (χ3v) is 6.46. The Kier molecular flexibility index (Phi) is 6.42. The maximum atomic E-state index is 12.7. The number of nitrogens with zero attached hydrogens (tertiary/aromatic N) is 1. The van der Waals surface area contributed by atoms with E-state index in [-0.39, 0.29) is 33.4 Å². The Hall–Kier alpha value is -2.92. The Morgan fingerprint density at radius 2 is 1.83 bits per heavy atom. The first kappa shape index (κ1) is 21.8. The summed E-state index contributed by atoms with van der Waals surface area (Å²) in [6.45, 7) is -2.23. The highest BCUT2D eigenvalue weighted by Crippen LogP contribution is 2.32. The van der Waals surface area contributed by atoms with Crippen LogP contribution < -0.4 is 14.8 Å². The van der Waals surface area contributed by atoms with Gasteiger partial charge in [-0.05, 0) is 49.2 Å². The number of phenols is 1. The molecule has 3 rings (SSSR count). The SMILES string of the molecule is COc1cc(C(=O)Nc2cc(S(=O)(=O)N3CCCC3)ccc2O)ccc1OC(F)F. The lowest BCUT2D eigenvalue weighted by Gasteiger charge is -2.17. The fourth-order valence-corrected chi connectivity index (χ4v) is 4.59. The Balaban J connectivity index is 1.85. The molecule has 0 spiro atoms.